The summed E-state index contributed by atoms with van der Waals surface area (Å²) in [5.41, 5.74) is 9.74. The quantitative estimate of drug-likeness (QED) is 0.210. The van der Waals surface area contributed by atoms with Gasteiger partial charge in [0.1, 0.15) is 11.2 Å². The maximum absolute atomic E-state index is 6.65. The number of hydrogen-bond donors (Lipinski definition) is 0. The third-order valence-electron chi connectivity index (χ3n) is 8.67. The second-order valence-corrected chi connectivity index (χ2v) is 11.4. The number of benzene rings is 6. The van der Waals surface area contributed by atoms with Crippen molar-refractivity contribution in [1.29, 1.82) is 0 Å². The summed E-state index contributed by atoms with van der Waals surface area (Å²) in [5, 5.41) is 6.96. The van der Waals surface area contributed by atoms with Crippen molar-refractivity contribution in [3.63, 3.8) is 0 Å². The molecule has 0 fully saturated rings. The average Bonchev–Trinajstić information content (AvgIpc) is 3.49. The molecule has 0 aliphatic carbocycles. The van der Waals surface area contributed by atoms with E-state index in [1.165, 1.54) is 16.2 Å². The molecular formula is C42H26N2O. The molecule has 3 heteroatoms. The lowest BCUT2D eigenvalue weighted by molar-refractivity contribution is 0.670. The number of rotatable bonds is 4. The van der Waals surface area contributed by atoms with Gasteiger partial charge in [-0.1, -0.05) is 115 Å². The molecule has 9 rings (SSSR count). The number of aromatic nitrogens is 2. The first-order chi connectivity index (χ1) is 22.3. The maximum Gasteiger partial charge on any atom is 0.145 e. The molecule has 0 unspecified atom stereocenters. The Kier molecular flexibility index (Phi) is 5.82. The van der Waals surface area contributed by atoms with Gasteiger partial charge in [0.25, 0.3) is 0 Å². The van der Waals surface area contributed by atoms with Gasteiger partial charge in [-0.2, -0.15) is 0 Å². The van der Waals surface area contributed by atoms with Gasteiger partial charge in [-0.05, 0) is 63.5 Å². The third kappa shape index (κ3) is 4.37. The molecule has 0 saturated carbocycles. The van der Waals surface area contributed by atoms with Crippen LogP contribution in [0.15, 0.2) is 162 Å². The molecule has 0 amide bonds. The van der Waals surface area contributed by atoms with Gasteiger partial charge in [-0.25, -0.2) is 4.98 Å². The van der Waals surface area contributed by atoms with Crippen LogP contribution in [0.2, 0.25) is 0 Å². The van der Waals surface area contributed by atoms with Crippen LogP contribution >= 0.6 is 0 Å². The van der Waals surface area contributed by atoms with Crippen molar-refractivity contribution >= 4 is 43.5 Å². The Morgan fingerprint density at radius 1 is 0.422 bits per heavy atom. The zero-order valence-corrected chi connectivity index (χ0v) is 24.3. The van der Waals surface area contributed by atoms with Crippen molar-refractivity contribution in [2.24, 2.45) is 0 Å². The number of nitrogens with zero attached hydrogens (tertiary/aromatic N) is 2. The Bertz CT molecular complexity index is 2460. The van der Waals surface area contributed by atoms with Gasteiger partial charge >= 0.3 is 0 Å². The van der Waals surface area contributed by atoms with E-state index in [1.54, 1.807) is 0 Å². The van der Waals surface area contributed by atoms with Gasteiger partial charge in [-0.15, -0.1) is 0 Å². The zero-order chi connectivity index (χ0) is 29.7. The minimum atomic E-state index is 0.862. The van der Waals surface area contributed by atoms with Crippen molar-refractivity contribution in [2.45, 2.75) is 0 Å². The van der Waals surface area contributed by atoms with Crippen molar-refractivity contribution in [3.05, 3.63) is 158 Å². The maximum atomic E-state index is 6.65. The largest absolute Gasteiger partial charge is 0.455 e. The van der Waals surface area contributed by atoms with Gasteiger partial charge in [-0.3, -0.25) is 4.98 Å². The normalized spacial score (nSPS) is 11.6. The summed E-state index contributed by atoms with van der Waals surface area (Å²) in [7, 11) is 0. The van der Waals surface area contributed by atoms with Crippen LogP contribution in [-0.4, -0.2) is 9.97 Å². The van der Waals surface area contributed by atoms with Crippen LogP contribution in [0.25, 0.3) is 88.4 Å². The van der Waals surface area contributed by atoms with E-state index < -0.39 is 0 Å². The minimum absolute atomic E-state index is 0.862. The summed E-state index contributed by atoms with van der Waals surface area (Å²) < 4.78 is 6.65. The molecule has 0 atom stereocenters. The van der Waals surface area contributed by atoms with E-state index in [0.29, 0.717) is 0 Å². The lowest BCUT2D eigenvalue weighted by Gasteiger charge is -2.11. The van der Waals surface area contributed by atoms with Crippen molar-refractivity contribution in [2.75, 3.05) is 0 Å². The van der Waals surface area contributed by atoms with Gasteiger partial charge in [0, 0.05) is 39.2 Å². The first-order valence-corrected chi connectivity index (χ1v) is 15.1. The summed E-state index contributed by atoms with van der Waals surface area (Å²) in [6.07, 6.45) is 1.96. The van der Waals surface area contributed by atoms with Crippen LogP contribution in [-0.2, 0) is 0 Å². The predicted octanol–water partition coefficient (Wildman–Crippen LogP) is 11.4. The summed E-state index contributed by atoms with van der Waals surface area (Å²) in [4.78, 5) is 10.1. The Morgan fingerprint density at radius 2 is 1.04 bits per heavy atom. The van der Waals surface area contributed by atoms with E-state index >= 15 is 0 Å². The smallest absolute Gasteiger partial charge is 0.145 e. The van der Waals surface area contributed by atoms with Crippen LogP contribution < -0.4 is 0 Å². The first-order valence-electron chi connectivity index (χ1n) is 15.1. The Morgan fingerprint density at radius 3 is 1.71 bits per heavy atom. The molecule has 3 aromatic heterocycles. The first kappa shape index (κ1) is 25.4. The van der Waals surface area contributed by atoms with Crippen molar-refractivity contribution in [1.82, 2.24) is 9.97 Å². The predicted molar refractivity (Wildman–Crippen MR) is 186 cm³/mol. The zero-order valence-electron chi connectivity index (χ0n) is 24.3. The molecular weight excluding hydrogens is 548 g/mol. The number of furan rings is 1. The lowest BCUT2D eigenvalue weighted by Crippen LogP contribution is -1.92. The van der Waals surface area contributed by atoms with Crippen LogP contribution in [0.5, 0.6) is 0 Å². The molecule has 0 spiro atoms. The summed E-state index contributed by atoms with van der Waals surface area (Å²) in [5.74, 6) is 0. The SMILES string of the molecule is c1ccc(-c2cc(-c3ccc(-c4cc5ccccc5c5c4oc4cc6ccccc6cc45)nc3)cc(-c3ccccc3)n2)cc1. The van der Waals surface area contributed by atoms with Gasteiger partial charge < -0.3 is 4.42 Å². The highest BCUT2D eigenvalue weighted by molar-refractivity contribution is 6.23. The van der Waals surface area contributed by atoms with E-state index in [-0.39, 0.29) is 0 Å². The molecule has 0 radical (unpaired) electrons. The number of fused-ring (bicyclic) bond motifs is 6. The molecule has 9 aromatic rings. The van der Waals surface area contributed by atoms with E-state index in [0.717, 1.165) is 72.2 Å². The fourth-order valence-electron chi connectivity index (χ4n) is 6.44. The van der Waals surface area contributed by atoms with Crippen molar-refractivity contribution < 1.29 is 4.42 Å². The summed E-state index contributed by atoms with van der Waals surface area (Å²) >= 11 is 0. The Labute approximate surface area is 260 Å². The molecule has 45 heavy (non-hydrogen) atoms. The molecule has 0 bridgehead atoms. The highest BCUT2D eigenvalue weighted by Gasteiger charge is 2.18. The standard InChI is InChI=1S/C42H26N2O/c1-3-11-27(12-4-1)38-23-33(24-39(44-38)28-13-5-2-6-14-28)32-19-20-37(43-26-32)35-22-31-17-9-10-18-34(31)41-36-21-29-15-7-8-16-30(29)25-40(36)45-42(35)41/h1-26H. The molecule has 0 aliphatic heterocycles. The Balaban J connectivity index is 1.21. The molecule has 0 saturated heterocycles. The molecule has 3 nitrogen and oxygen atoms in total. The van der Waals surface area contributed by atoms with Crippen LogP contribution in [0, 0.1) is 0 Å². The second kappa shape index (κ2) is 10.3. The summed E-state index contributed by atoms with van der Waals surface area (Å²) in [6, 6.07) is 52.8. The monoisotopic (exact) mass is 574 g/mol. The molecule has 0 aliphatic rings. The van der Waals surface area contributed by atoms with Crippen molar-refractivity contribution in [3.8, 4) is 44.9 Å². The van der Waals surface area contributed by atoms with E-state index in [1.807, 2.05) is 42.6 Å². The number of pyridine rings is 2. The van der Waals surface area contributed by atoms with E-state index in [2.05, 4.69) is 115 Å². The molecule has 210 valence electrons. The third-order valence-corrected chi connectivity index (χ3v) is 8.67. The van der Waals surface area contributed by atoms with E-state index in [4.69, 9.17) is 14.4 Å². The molecule has 6 aromatic carbocycles. The van der Waals surface area contributed by atoms with Crippen LogP contribution in [0.3, 0.4) is 0 Å². The topological polar surface area (TPSA) is 38.9 Å². The fourth-order valence-corrected chi connectivity index (χ4v) is 6.44. The van der Waals surface area contributed by atoms with Gasteiger partial charge in [0.15, 0.2) is 0 Å². The minimum Gasteiger partial charge on any atom is -0.455 e. The number of hydrogen-bond acceptors (Lipinski definition) is 3. The second-order valence-electron chi connectivity index (χ2n) is 11.4. The fraction of sp³-hybridized carbons (Fsp3) is 0. The summed E-state index contributed by atoms with van der Waals surface area (Å²) in [6.45, 7) is 0. The lowest BCUT2D eigenvalue weighted by atomic mass is 9.97. The Hall–Kier alpha value is -6.06. The molecule has 0 N–H and O–H groups in total. The molecule has 3 heterocycles. The van der Waals surface area contributed by atoms with Gasteiger partial charge in [0.05, 0.1) is 17.1 Å². The van der Waals surface area contributed by atoms with Gasteiger partial charge in [0.2, 0.25) is 0 Å². The van der Waals surface area contributed by atoms with E-state index in [9.17, 15) is 0 Å². The van der Waals surface area contributed by atoms with Crippen LogP contribution in [0.1, 0.15) is 0 Å². The highest BCUT2D eigenvalue weighted by Crippen LogP contribution is 2.42. The van der Waals surface area contributed by atoms with Crippen LogP contribution in [0.4, 0.5) is 0 Å². The average molecular weight is 575 g/mol. The highest BCUT2D eigenvalue weighted by atomic mass is 16.3.